The summed E-state index contributed by atoms with van der Waals surface area (Å²) in [6.45, 7) is 0.358. The maximum Gasteiger partial charge on any atom is 0.253 e. The van der Waals surface area contributed by atoms with E-state index in [1.54, 1.807) is 30.3 Å². The first kappa shape index (κ1) is 17.9. The van der Waals surface area contributed by atoms with Crippen molar-refractivity contribution < 1.29 is 9.53 Å². The molecule has 4 rings (SSSR count). The van der Waals surface area contributed by atoms with Crippen molar-refractivity contribution in [2.45, 2.75) is 6.04 Å². The largest absolute Gasteiger partial charge is 0.382 e. The third kappa shape index (κ3) is 3.52. The Labute approximate surface area is 162 Å². The highest BCUT2D eigenvalue weighted by Gasteiger charge is 2.19. The van der Waals surface area contributed by atoms with Crippen LogP contribution >= 0.6 is 0 Å². The lowest BCUT2D eigenvalue weighted by Crippen LogP contribution is -2.32. The van der Waals surface area contributed by atoms with Gasteiger partial charge in [0.05, 0.1) is 29.6 Å². The number of rotatable bonds is 6. The van der Waals surface area contributed by atoms with Crippen molar-refractivity contribution in [3.63, 3.8) is 0 Å². The van der Waals surface area contributed by atoms with Crippen molar-refractivity contribution >= 4 is 11.6 Å². The first-order chi connectivity index (χ1) is 13.7. The Morgan fingerprint density at radius 2 is 1.96 bits per heavy atom. The number of ether oxygens (including phenoxy) is 1. The SMILES string of the molecule is COC[C@H](NC(=O)c1ccc2nc(-c3ccccc3)cn2c1)c1ccnn1C. The van der Waals surface area contributed by atoms with Crippen LogP contribution in [-0.2, 0) is 11.8 Å². The molecule has 7 nitrogen and oxygen atoms in total. The van der Waals surface area contributed by atoms with Crippen molar-refractivity contribution in [3.8, 4) is 11.3 Å². The summed E-state index contributed by atoms with van der Waals surface area (Å²) in [7, 11) is 3.45. The second-order valence-corrected chi connectivity index (χ2v) is 6.54. The molecular formula is C21H21N5O2. The van der Waals surface area contributed by atoms with Crippen LogP contribution in [0.4, 0.5) is 0 Å². The molecule has 142 valence electrons. The highest BCUT2D eigenvalue weighted by molar-refractivity contribution is 5.94. The van der Waals surface area contributed by atoms with Gasteiger partial charge in [-0.2, -0.15) is 5.10 Å². The van der Waals surface area contributed by atoms with Crippen molar-refractivity contribution in [1.29, 1.82) is 0 Å². The number of benzene rings is 1. The number of amides is 1. The van der Waals surface area contributed by atoms with Crippen molar-refractivity contribution in [1.82, 2.24) is 24.5 Å². The van der Waals surface area contributed by atoms with Gasteiger partial charge < -0.3 is 14.5 Å². The van der Waals surface area contributed by atoms with Gasteiger partial charge in [0, 0.05) is 38.3 Å². The monoisotopic (exact) mass is 375 g/mol. The Morgan fingerprint density at radius 3 is 2.68 bits per heavy atom. The van der Waals surface area contributed by atoms with E-state index in [1.807, 2.05) is 60.1 Å². The van der Waals surface area contributed by atoms with E-state index in [-0.39, 0.29) is 11.9 Å². The van der Waals surface area contributed by atoms with Crippen molar-refractivity contribution in [2.24, 2.45) is 7.05 Å². The summed E-state index contributed by atoms with van der Waals surface area (Å²) in [5.41, 5.74) is 4.12. The molecule has 0 bridgehead atoms. The Morgan fingerprint density at radius 1 is 1.14 bits per heavy atom. The highest BCUT2D eigenvalue weighted by atomic mass is 16.5. The van der Waals surface area contributed by atoms with Gasteiger partial charge in [0.2, 0.25) is 0 Å². The molecule has 1 atom stereocenters. The number of imidazole rings is 1. The van der Waals surface area contributed by atoms with Gasteiger partial charge in [0.1, 0.15) is 5.65 Å². The number of aryl methyl sites for hydroxylation is 1. The predicted molar refractivity (Wildman–Crippen MR) is 106 cm³/mol. The number of carbonyl (C=O) groups is 1. The Bertz CT molecular complexity index is 1100. The third-order valence-corrected chi connectivity index (χ3v) is 4.64. The van der Waals surface area contributed by atoms with E-state index in [0.717, 1.165) is 22.6 Å². The molecule has 3 aromatic heterocycles. The molecule has 0 aliphatic rings. The zero-order valence-electron chi connectivity index (χ0n) is 15.7. The molecule has 0 saturated carbocycles. The fraction of sp³-hybridized carbons (Fsp3) is 0.190. The van der Waals surface area contributed by atoms with Gasteiger partial charge in [-0.25, -0.2) is 4.98 Å². The smallest absolute Gasteiger partial charge is 0.253 e. The zero-order valence-corrected chi connectivity index (χ0v) is 15.7. The van der Waals surface area contributed by atoms with Crippen LogP contribution in [0.2, 0.25) is 0 Å². The van der Waals surface area contributed by atoms with Gasteiger partial charge >= 0.3 is 0 Å². The summed E-state index contributed by atoms with van der Waals surface area (Å²) in [6.07, 6.45) is 5.42. The number of hydrogen-bond donors (Lipinski definition) is 1. The summed E-state index contributed by atoms with van der Waals surface area (Å²) in [5, 5.41) is 7.19. The summed E-state index contributed by atoms with van der Waals surface area (Å²) < 4.78 is 8.87. The number of nitrogens with one attached hydrogen (secondary N) is 1. The van der Waals surface area contributed by atoms with E-state index in [0.29, 0.717) is 12.2 Å². The van der Waals surface area contributed by atoms with Gasteiger partial charge in [-0.05, 0) is 18.2 Å². The van der Waals surface area contributed by atoms with E-state index in [1.165, 1.54) is 0 Å². The number of methoxy groups -OCH3 is 1. The lowest BCUT2D eigenvalue weighted by atomic mass is 10.2. The normalized spacial score (nSPS) is 12.2. The molecule has 0 unspecified atom stereocenters. The van der Waals surface area contributed by atoms with Gasteiger partial charge in [0.25, 0.3) is 5.91 Å². The molecule has 0 aliphatic heterocycles. The predicted octanol–water partition coefficient (Wildman–Crippen LogP) is 2.85. The molecule has 1 aromatic carbocycles. The zero-order chi connectivity index (χ0) is 19.5. The maximum atomic E-state index is 12.8. The first-order valence-corrected chi connectivity index (χ1v) is 8.97. The number of nitrogens with zero attached hydrogens (tertiary/aromatic N) is 4. The first-order valence-electron chi connectivity index (χ1n) is 8.97. The Hall–Kier alpha value is -3.45. The van der Waals surface area contributed by atoms with Crippen LogP contribution in [0.5, 0.6) is 0 Å². The summed E-state index contributed by atoms with van der Waals surface area (Å²) in [4.78, 5) is 17.5. The molecule has 4 aromatic rings. The second-order valence-electron chi connectivity index (χ2n) is 6.54. The van der Waals surface area contributed by atoms with E-state index in [4.69, 9.17) is 4.74 Å². The van der Waals surface area contributed by atoms with Crippen LogP contribution in [0.15, 0.2) is 67.1 Å². The second kappa shape index (κ2) is 7.66. The fourth-order valence-corrected chi connectivity index (χ4v) is 3.21. The quantitative estimate of drug-likeness (QED) is 0.562. The van der Waals surface area contributed by atoms with Crippen LogP contribution < -0.4 is 5.32 Å². The molecule has 0 saturated heterocycles. The van der Waals surface area contributed by atoms with Gasteiger partial charge in [-0.1, -0.05) is 30.3 Å². The molecule has 1 amide bonds. The number of pyridine rings is 1. The highest BCUT2D eigenvalue weighted by Crippen LogP contribution is 2.19. The molecule has 0 spiro atoms. The minimum absolute atomic E-state index is 0.180. The van der Waals surface area contributed by atoms with Crippen LogP contribution in [0.3, 0.4) is 0 Å². The standard InChI is InChI=1S/C21H21N5O2/c1-25-19(10-11-22-25)18(14-28-2)24-21(27)16-8-9-20-23-17(13-26(20)12-16)15-6-4-3-5-7-15/h3-13,18H,14H2,1-2H3,(H,24,27)/t18-/m0/s1. The van der Waals surface area contributed by atoms with Gasteiger partial charge in [-0.15, -0.1) is 0 Å². The van der Waals surface area contributed by atoms with Crippen LogP contribution in [-0.4, -0.2) is 38.8 Å². The lowest BCUT2D eigenvalue weighted by molar-refractivity contribution is 0.0892. The van der Waals surface area contributed by atoms with Gasteiger partial charge in [-0.3, -0.25) is 9.48 Å². The van der Waals surface area contributed by atoms with E-state index in [9.17, 15) is 4.79 Å². The average Bonchev–Trinajstić information content (AvgIpc) is 3.33. The third-order valence-electron chi connectivity index (χ3n) is 4.64. The molecule has 1 N–H and O–H groups in total. The minimum atomic E-state index is -0.289. The minimum Gasteiger partial charge on any atom is -0.382 e. The molecule has 7 heteroatoms. The summed E-state index contributed by atoms with van der Waals surface area (Å²) in [5.74, 6) is -0.180. The van der Waals surface area contributed by atoms with E-state index < -0.39 is 0 Å². The summed E-state index contributed by atoms with van der Waals surface area (Å²) >= 11 is 0. The average molecular weight is 375 g/mol. The van der Waals surface area contributed by atoms with Gasteiger partial charge in [0.15, 0.2) is 0 Å². The molecule has 0 fully saturated rings. The number of carbonyl (C=O) groups excluding carboxylic acids is 1. The molecule has 3 heterocycles. The van der Waals surface area contributed by atoms with Crippen LogP contribution in [0.25, 0.3) is 16.9 Å². The van der Waals surface area contributed by atoms with E-state index in [2.05, 4.69) is 15.4 Å². The van der Waals surface area contributed by atoms with Crippen LogP contribution in [0.1, 0.15) is 22.1 Å². The lowest BCUT2D eigenvalue weighted by Gasteiger charge is -2.18. The van der Waals surface area contributed by atoms with Crippen LogP contribution in [0, 0.1) is 0 Å². The number of hydrogen-bond acceptors (Lipinski definition) is 4. The topological polar surface area (TPSA) is 73.4 Å². The van der Waals surface area contributed by atoms with E-state index >= 15 is 0 Å². The summed E-state index contributed by atoms with van der Waals surface area (Å²) in [6, 6.07) is 15.2. The molecule has 0 aliphatic carbocycles. The van der Waals surface area contributed by atoms with Crippen molar-refractivity contribution in [3.05, 3.63) is 78.4 Å². The fourth-order valence-electron chi connectivity index (χ4n) is 3.21. The molecular weight excluding hydrogens is 354 g/mol. The van der Waals surface area contributed by atoms with Crippen molar-refractivity contribution in [2.75, 3.05) is 13.7 Å². The number of aromatic nitrogens is 4. The number of fused-ring (bicyclic) bond motifs is 1. The molecule has 0 radical (unpaired) electrons. The Kier molecular flexibility index (Phi) is 4.90. The molecule has 28 heavy (non-hydrogen) atoms. The Balaban J connectivity index is 1.59. The maximum absolute atomic E-state index is 12.8.